The number of carbonyl (C=O) groups excluding carboxylic acids is 3. The molecule has 4 aliphatic rings. The van der Waals surface area contributed by atoms with Gasteiger partial charge in [-0.1, -0.05) is 60.1 Å². The van der Waals surface area contributed by atoms with Gasteiger partial charge in [0, 0.05) is 33.6 Å². The van der Waals surface area contributed by atoms with Gasteiger partial charge in [-0.3, -0.25) is 19.3 Å². The van der Waals surface area contributed by atoms with Crippen molar-refractivity contribution in [3.8, 4) is 0 Å². The van der Waals surface area contributed by atoms with Crippen LogP contribution in [0.3, 0.4) is 0 Å². The number of ketones is 1. The van der Waals surface area contributed by atoms with E-state index < -0.39 is 16.9 Å². The Morgan fingerprint density at radius 3 is 2.43 bits per heavy atom. The highest BCUT2D eigenvalue weighted by atomic mass is 35.5. The number of para-hydroxylation sites is 1. The molecule has 0 saturated carbocycles. The lowest BCUT2D eigenvalue weighted by Crippen LogP contribution is -2.55. The van der Waals surface area contributed by atoms with Gasteiger partial charge in [0.2, 0.25) is 11.8 Å². The molecular formula is C28H22ClN3O3. The molecule has 4 heterocycles. The van der Waals surface area contributed by atoms with Crippen LogP contribution in [0.4, 0.5) is 11.4 Å². The largest absolute Gasteiger partial charge is 0.325 e. The Balaban J connectivity index is 1.60. The molecule has 2 spiro atoms. The molecule has 3 aromatic carbocycles. The number of Topliss-reactive ketones (excluding diaryl/α,β-unsaturated/α-hetero) is 1. The van der Waals surface area contributed by atoms with Gasteiger partial charge in [0.15, 0.2) is 5.78 Å². The fraction of sp³-hybridized carbons (Fsp3) is 0.250. The summed E-state index contributed by atoms with van der Waals surface area (Å²) in [5.41, 5.74) is 0.737. The third kappa shape index (κ3) is 2.36. The highest BCUT2D eigenvalue weighted by Crippen LogP contribution is 2.66. The molecule has 4 atom stereocenters. The molecule has 7 rings (SSSR count). The summed E-state index contributed by atoms with van der Waals surface area (Å²) in [6, 6.07) is 21.6. The van der Waals surface area contributed by atoms with E-state index in [1.807, 2.05) is 42.5 Å². The van der Waals surface area contributed by atoms with Gasteiger partial charge in [0.25, 0.3) is 0 Å². The summed E-state index contributed by atoms with van der Waals surface area (Å²) in [5, 5.41) is 6.57. The molecule has 0 aromatic heterocycles. The van der Waals surface area contributed by atoms with Gasteiger partial charge < -0.3 is 10.6 Å². The number of hydrogen-bond acceptors (Lipinski definition) is 4. The Labute approximate surface area is 207 Å². The zero-order valence-corrected chi connectivity index (χ0v) is 19.5. The predicted molar refractivity (Wildman–Crippen MR) is 132 cm³/mol. The van der Waals surface area contributed by atoms with Crippen LogP contribution in [0, 0.1) is 5.92 Å². The van der Waals surface area contributed by atoms with Crippen molar-refractivity contribution in [3.05, 3.63) is 94.5 Å². The van der Waals surface area contributed by atoms with Crippen LogP contribution < -0.4 is 10.6 Å². The second-order valence-electron chi connectivity index (χ2n) is 9.79. The number of hydrogen-bond donors (Lipinski definition) is 2. The first kappa shape index (κ1) is 20.9. The molecule has 0 unspecified atom stereocenters. The predicted octanol–water partition coefficient (Wildman–Crippen LogP) is 4.35. The average molecular weight is 484 g/mol. The molecule has 35 heavy (non-hydrogen) atoms. The number of halogens is 1. The second-order valence-corrected chi connectivity index (χ2v) is 10.2. The molecule has 7 heteroatoms. The van der Waals surface area contributed by atoms with Crippen LogP contribution in [-0.2, 0) is 20.5 Å². The zero-order valence-electron chi connectivity index (χ0n) is 18.8. The lowest BCUT2D eigenvalue weighted by Gasteiger charge is -2.38. The number of nitrogens with one attached hydrogen (secondary N) is 2. The molecule has 2 saturated heterocycles. The number of nitrogens with zero attached hydrogens (tertiary/aromatic N) is 1. The summed E-state index contributed by atoms with van der Waals surface area (Å²) >= 11 is 6.46. The maximum atomic E-state index is 14.6. The van der Waals surface area contributed by atoms with Crippen molar-refractivity contribution in [1.29, 1.82) is 0 Å². The summed E-state index contributed by atoms with van der Waals surface area (Å²) < 4.78 is 0. The Morgan fingerprint density at radius 1 is 0.886 bits per heavy atom. The van der Waals surface area contributed by atoms with Crippen LogP contribution >= 0.6 is 11.6 Å². The molecule has 0 radical (unpaired) electrons. The average Bonchev–Trinajstić information content (AvgIpc) is 3.59. The van der Waals surface area contributed by atoms with Gasteiger partial charge >= 0.3 is 0 Å². The van der Waals surface area contributed by atoms with Crippen molar-refractivity contribution in [2.75, 3.05) is 17.2 Å². The Kier molecular flexibility index (Phi) is 4.19. The third-order valence-corrected chi connectivity index (χ3v) is 8.64. The quantitative estimate of drug-likeness (QED) is 0.531. The maximum absolute atomic E-state index is 14.6. The van der Waals surface area contributed by atoms with Crippen molar-refractivity contribution < 1.29 is 14.4 Å². The molecule has 2 amide bonds. The van der Waals surface area contributed by atoms with Crippen molar-refractivity contribution in [3.63, 3.8) is 0 Å². The Hall–Kier alpha value is -3.48. The van der Waals surface area contributed by atoms with E-state index in [4.69, 9.17) is 11.6 Å². The van der Waals surface area contributed by atoms with E-state index in [0.717, 1.165) is 12.0 Å². The molecule has 4 aliphatic heterocycles. The normalized spacial score (nSPS) is 30.3. The number of amides is 2. The minimum atomic E-state index is -1.34. The summed E-state index contributed by atoms with van der Waals surface area (Å²) in [7, 11) is 0. The SMILES string of the molecule is O=C(c1ccccc1)[C@H]1[C@@]2(C(=O)Nc3ccccc32)[C@H]2CCCN2[C@@]12C(=O)Nc1ccc(Cl)cc12. The van der Waals surface area contributed by atoms with Gasteiger partial charge in [0.1, 0.15) is 11.0 Å². The van der Waals surface area contributed by atoms with E-state index in [0.29, 0.717) is 40.5 Å². The number of anilines is 2. The molecular weight excluding hydrogens is 462 g/mol. The van der Waals surface area contributed by atoms with Gasteiger partial charge in [0.05, 0.1) is 5.92 Å². The molecule has 2 N–H and O–H groups in total. The molecule has 174 valence electrons. The number of benzene rings is 3. The van der Waals surface area contributed by atoms with Crippen LogP contribution in [0.15, 0.2) is 72.8 Å². The van der Waals surface area contributed by atoms with Crippen LogP contribution in [0.5, 0.6) is 0 Å². The number of rotatable bonds is 2. The summed E-state index contributed by atoms with van der Waals surface area (Å²) in [5.74, 6) is -1.67. The molecule has 2 fully saturated rings. The van der Waals surface area contributed by atoms with Crippen molar-refractivity contribution in [2.24, 2.45) is 5.92 Å². The summed E-state index contributed by atoms with van der Waals surface area (Å²) in [4.78, 5) is 45.0. The first-order valence-corrected chi connectivity index (χ1v) is 12.3. The minimum Gasteiger partial charge on any atom is -0.325 e. The first-order valence-electron chi connectivity index (χ1n) is 11.9. The van der Waals surface area contributed by atoms with Crippen LogP contribution in [0.25, 0.3) is 0 Å². The van der Waals surface area contributed by atoms with E-state index in [2.05, 4.69) is 15.5 Å². The van der Waals surface area contributed by atoms with Gasteiger partial charge in [-0.25, -0.2) is 0 Å². The smallest absolute Gasteiger partial charge is 0.250 e. The Morgan fingerprint density at radius 2 is 1.60 bits per heavy atom. The highest BCUT2D eigenvalue weighted by molar-refractivity contribution is 6.31. The topological polar surface area (TPSA) is 78.5 Å². The summed E-state index contributed by atoms with van der Waals surface area (Å²) in [6.45, 7) is 0.611. The molecule has 6 nitrogen and oxygen atoms in total. The minimum absolute atomic E-state index is 0.213. The third-order valence-electron chi connectivity index (χ3n) is 8.41. The van der Waals surface area contributed by atoms with Gasteiger partial charge in [-0.05, 0) is 49.2 Å². The second kappa shape index (κ2) is 7.03. The van der Waals surface area contributed by atoms with E-state index in [9.17, 15) is 14.4 Å². The molecule has 0 aliphatic carbocycles. The van der Waals surface area contributed by atoms with Crippen LogP contribution in [0.2, 0.25) is 5.02 Å². The van der Waals surface area contributed by atoms with E-state index in [1.54, 1.807) is 30.3 Å². The Bertz CT molecular complexity index is 1440. The van der Waals surface area contributed by atoms with Gasteiger partial charge in [-0.15, -0.1) is 0 Å². The zero-order chi connectivity index (χ0) is 23.9. The monoisotopic (exact) mass is 483 g/mol. The van der Waals surface area contributed by atoms with Crippen molar-refractivity contribution in [2.45, 2.75) is 29.8 Å². The molecule has 3 aromatic rings. The van der Waals surface area contributed by atoms with Gasteiger partial charge in [-0.2, -0.15) is 0 Å². The highest BCUT2D eigenvalue weighted by Gasteiger charge is 2.78. The first-order chi connectivity index (χ1) is 17.0. The standard InChI is InChI=1S/C28H22ClN3O3/c29-17-12-13-21-19(15-17)28(26(35)31-21)24(23(33)16-7-2-1-3-8-16)27(22-11-6-14-32(22)28)18-9-4-5-10-20(18)30-25(27)34/h1-5,7-10,12-13,15,22,24H,6,11,14H2,(H,30,34)(H,31,35)/t22-,24+,27+,28-/m1/s1. The van der Waals surface area contributed by atoms with Crippen LogP contribution in [0.1, 0.15) is 34.3 Å². The fourth-order valence-corrected chi connectivity index (χ4v) is 7.46. The number of fused-ring (bicyclic) bond motifs is 7. The maximum Gasteiger partial charge on any atom is 0.250 e. The van der Waals surface area contributed by atoms with E-state index in [1.165, 1.54) is 0 Å². The van der Waals surface area contributed by atoms with E-state index >= 15 is 0 Å². The van der Waals surface area contributed by atoms with Crippen LogP contribution in [-0.4, -0.2) is 35.1 Å². The number of carbonyl (C=O) groups is 3. The summed E-state index contributed by atoms with van der Waals surface area (Å²) in [6.07, 6.45) is 1.55. The lowest BCUT2D eigenvalue weighted by atomic mass is 9.60. The van der Waals surface area contributed by atoms with Crippen molar-refractivity contribution >= 4 is 40.6 Å². The molecule has 0 bridgehead atoms. The van der Waals surface area contributed by atoms with Crippen molar-refractivity contribution in [1.82, 2.24) is 4.90 Å². The fourth-order valence-electron chi connectivity index (χ4n) is 7.29. The lowest BCUT2D eigenvalue weighted by molar-refractivity contribution is -0.128. The van der Waals surface area contributed by atoms with E-state index in [-0.39, 0.29) is 23.6 Å².